The van der Waals surface area contributed by atoms with E-state index in [-0.39, 0.29) is 11.7 Å². The molecule has 30 heavy (non-hydrogen) atoms. The molecule has 0 aliphatic carbocycles. The Labute approximate surface area is 190 Å². The number of fused-ring (bicyclic) bond motifs is 1. The normalized spacial score (nSPS) is 11.0. The number of amides is 1. The van der Waals surface area contributed by atoms with Gasteiger partial charge in [0.25, 0.3) is 0 Å². The van der Waals surface area contributed by atoms with Gasteiger partial charge in [-0.1, -0.05) is 51.4 Å². The summed E-state index contributed by atoms with van der Waals surface area (Å²) in [5.41, 5.74) is 1.41. The molecule has 0 spiro atoms. The van der Waals surface area contributed by atoms with Crippen molar-refractivity contribution in [2.75, 3.05) is 11.1 Å². The van der Waals surface area contributed by atoms with Gasteiger partial charge in [-0.3, -0.25) is 9.36 Å². The predicted octanol–water partition coefficient (Wildman–Crippen LogP) is 6.02. The van der Waals surface area contributed by atoms with E-state index in [9.17, 15) is 4.79 Å². The number of nitrogens with zero attached hydrogens (tertiary/aromatic N) is 3. The van der Waals surface area contributed by atoms with Crippen molar-refractivity contribution in [3.05, 3.63) is 70.7 Å². The first kappa shape index (κ1) is 20.7. The monoisotopic (exact) mass is 502 g/mol. The van der Waals surface area contributed by atoms with Crippen molar-refractivity contribution in [2.24, 2.45) is 0 Å². The Morgan fingerprint density at radius 1 is 1.27 bits per heavy atom. The lowest BCUT2D eigenvalue weighted by atomic mass is 10.2. The summed E-state index contributed by atoms with van der Waals surface area (Å²) < 4.78 is 8.79. The number of rotatable bonds is 7. The molecule has 0 aliphatic rings. The highest BCUT2D eigenvalue weighted by molar-refractivity contribution is 9.10. The number of carbonyl (C=O) groups is 1. The van der Waals surface area contributed by atoms with Crippen LogP contribution in [0.5, 0.6) is 0 Å². The van der Waals surface area contributed by atoms with Crippen molar-refractivity contribution in [1.82, 2.24) is 14.8 Å². The highest BCUT2D eigenvalue weighted by Crippen LogP contribution is 2.31. The first-order valence-electron chi connectivity index (χ1n) is 8.95. The second kappa shape index (κ2) is 9.07. The van der Waals surface area contributed by atoms with Crippen LogP contribution in [-0.4, -0.2) is 26.4 Å². The first-order chi connectivity index (χ1) is 14.5. The molecule has 4 aromatic rings. The number of furan rings is 1. The summed E-state index contributed by atoms with van der Waals surface area (Å²) >= 11 is 10.7. The third-order valence-corrected chi connectivity index (χ3v) is 5.86. The number of allylic oxidation sites excluding steroid dienone is 1. The zero-order valence-corrected chi connectivity index (χ0v) is 18.8. The van der Waals surface area contributed by atoms with Gasteiger partial charge in [-0.2, -0.15) is 0 Å². The summed E-state index contributed by atoms with van der Waals surface area (Å²) in [4.78, 5) is 12.3. The highest BCUT2D eigenvalue weighted by atomic mass is 79.9. The quantitative estimate of drug-likeness (QED) is 0.246. The van der Waals surface area contributed by atoms with E-state index in [4.69, 9.17) is 16.0 Å². The molecular formula is C21H16BrClN4O2S. The van der Waals surface area contributed by atoms with Gasteiger partial charge in [-0.25, -0.2) is 0 Å². The minimum absolute atomic E-state index is 0.162. The van der Waals surface area contributed by atoms with Gasteiger partial charge in [0.1, 0.15) is 5.58 Å². The van der Waals surface area contributed by atoms with Crippen LogP contribution < -0.4 is 5.32 Å². The van der Waals surface area contributed by atoms with Crippen molar-refractivity contribution in [3.8, 4) is 11.6 Å². The SMILES string of the molecule is C=CCn1c(SCC(=O)Nc2cccc(Cl)c2)nnc1-c1cc2cc(Br)ccc2o1. The molecule has 6 nitrogen and oxygen atoms in total. The number of thioether (sulfide) groups is 1. The summed E-state index contributed by atoms with van der Waals surface area (Å²) in [7, 11) is 0. The van der Waals surface area contributed by atoms with Crippen LogP contribution in [0.2, 0.25) is 5.02 Å². The van der Waals surface area contributed by atoms with Crippen LogP contribution in [0.3, 0.4) is 0 Å². The Hall–Kier alpha value is -2.55. The molecule has 152 valence electrons. The minimum Gasteiger partial charge on any atom is -0.453 e. The summed E-state index contributed by atoms with van der Waals surface area (Å²) in [5, 5.41) is 13.5. The number of benzene rings is 2. The molecule has 9 heteroatoms. The van der Waals surface area contributed by atoms with Crippen LogP contribution in [0.25, 0.3) is 22.6 Å². The van der Waals surface area contributed by atoms with Crippen LogP contribution in [0.15, 0.2) is 75.2 Å². The number of anilines is 1. The molecule has 2 aromatic carbocycles. The molecule has 0 unspecified atom stereocenters. The highest BCUT2D eigenvalue weighted by Gasteiger charge is 2.18. The minimum atomic E-state index is -0.162. The van der Waals surface area contributed by atoms with Crippen LogP contribution >= 0.6 is 39.3 Å². The van der Waals surface area contributed by atoms with Crippen LogP contribution in [-0.2, 0) is 11.3 Å². The molecule has 2 aromatic heterocycles. The largest absolute Gasteiger partial charge is 0.453 e. The Bertz CT molecular complexity index is 1240. The topological polar surface area (TPSA) is 73.0 Å². The lowest BCUT2D eigenvalue weighted by Gasteiger charge is -2.07. The molecule has 0 radical (unpaired) electrons. The molecule has 1 N–H and O–H groups in total. The van der Waals surface area contributed by atoms with E-state index in [1.165, 1.54) is 11.8 Å². The Kier molecular flexibility index (Phi) is 6.26. The van der Waals surface area contributed by atoms with Crippen molar-refractivity contribution >= 4 is 61.9 Å². The fraction of sp³-hybridized carbons (Fsp3) is 0.0952. The Morgan fingerprint density at radius 3 is 2.93 bits per heavy atom. The number of hydrogen-bond acceptors (Lipinski definition) is 5. The number of nitrogens with one attached hydrogen (secondary N) is 1. The van der Waals surface area contributed by atoms with Gasteiger partial charge >= 0.3 is 0 Å². The average Bonchev–Trinajstić information content (AvgIpc) is 3.30. The van der Waals surface area contributed by atoms with E-state index in [1.54, 1.807) is 30.3 Å². The van der Waals surface area contributed by atoms with Gasteiger partial charge in [0.15, 0.2) is 10.9 Å². The van der Waals surface area contributed by atoms with Gasteiger partial charge in [0, 0.05) is 27.1 Å². The Morgan fingerprint density at radius 2 is 2.13 bits per heavy atom. The van der Waals surface area contributed by atoms with Crippen molar-refractivity contribution in [3.63, 3.8) is 0 Å². The van der Waals surface area contributed by atoms with E-state index in [0.29, 0.717) is 34.0 Å². The molecule has 0 atom stereocenters. The lowest BCUT2D eigenvalue weighted by Crippen LogP contribution is -2.14. The molecular weight excluding hydrogens is 488 g/mol. The third kappa shape index (κ3) is 4.61. The molecule has 0 aliphatic heterocycles. The molecule has 2 heterocycles. The van der Waals surface area contributed by atoms with Gasteiger partial charge < -0.3 is 9.73 Å². The zero-order valence-electron chi connectivity index (χ0n) is 15.6. The zero-order chi connectivity index (χ0) is 21.1. The van der Waals surface area contributed by atoms with E-state index in [2.05, 4.69) is 38.0 Å². The summed E-state index contributed by atoms with van der Waals surface area (Å²) in [5.74, 6) is 1.20. The molecule has 0 bridgehead atoms. The maximum absolute atomic E-state index is 12.3. The van der Waals surface area contributed by atoms with Gasteiger partial charge in [0.2, 0.25) is 11.7 Å². The Balaban J connectivity index is 1.53. The number of carbonyl (C=O) groups excluding carboxylic acids is 1. The number of halogens is 2. The maximum atomic E-state index is 12.3. The van der Waals surface area contributed by atoms with E-state index in [0.717, 1.165) is 15.4 Å². The van der Waals surface area contributed by atoms with Crippen LogP contribution in [0.4, 0.5) is 5.69 Å². The fourth-order valence-corrected chi connectivity index (χ4v) is 4.21. The van der Waals surface area contributed by atoms with E-state index < -0.39 is 0 Å². The fourth-order valence-electron chi connectivity index (χ4n) is 2.89. The van der Waals surface area contributed by atoms with Gasteiger partial charge in [-0.05, 0) is 42.5 Å². The molecule has 1 amide bonds. The van der Waals surface area contributed by atoms with Crippen LogP contribution in [0.1, 0.15) is 0 Å². The predicted molar refractivity (Wildman–Crippen MR) is 124 cm³/mol. The summed E-state index contributed by atoms with van der Waals surface area (Å²) in [6, 6.07) is 14.7. The lowest BCUT2D eigenvalue weighted by molar-refractivity contribution is -0.113. The second-order valence-corrected chi connectivity index (χ2v) is 8.64. The standard InChI is InChI=1S/C21H16BrClN4O2S/c1-2-8-27-20(18-10-13-9-14(22)6-7-17(13)29-18)25-26-21(27)30-12-19(28)24-16-5-3-4-15(23)11-16/h2-7,9-11H,1,8,12H2,(H,24,28). The van der Waals surface area contributed by atoms with Gasteiger partial charge in [0.05, 0.1) is 5.75 Å². The average molecular weight is 504 g/mol. The van der Waals surface area contributed by atoms with Crippen molar-refractivity contribution in [1.29, 1.82) is 0 Å². The third-order valence-electron chi connectivity index (χ3n) is 4.17. The van der Waals surface area contributed by atoms with Crippen LogP contribution in [0, 0.1) is 0 Å². The smallest absolute Gasteiger partial charge is 0.234 e. The van der Waals surface area contributed by atoms with Crippen molar-refractivity contribution in [2.45, 2.75) is 11.7 Å². The second-order valence-electron chi connectivity index (χ2n) is 6.35. The van der Waals surface area contributed by atoms with Gasteiger partial charge in [-0.15, -0.1) is 16.8 Å². The first-order valence-corrected chi connectivity index (χ1v) is 11.1. The van der Waals surface area contributed by atoms with E-state index in [1.807, 2.05) is 28.8 Å². The molecule has 0 saturated carbocycles. The molecule has 0 saturated heterocycles. The number of aromatic nitrogens is 3. The summed E-state index contributed by atoms with van der Waals surface area (Å²) in [6.07, 6.45) is 1.75. The van der Waals surface area contributed by atoms with E-state index >= 15 is 0 Å². The molecule has 4 rings (SSSR count). The van der Waals surface area contributed by atoms with Crippen molar-refractivity contribution < 1.29 is 9.21 Å². The number of hydrogen-bond donors (Lipinski definition) is 1. The maximum Gasteiger partial charge on any atom is 0.234 e. The summed E-state index contributed by atoms with van der Waals surface area (Å²) in [6.45, 7) is 4.30. The molecule has 0 fully saturated rings.